The number of likely N-dealkylation sites (N-methyl/N-ethyl adjacent to an activating group) is 1. The fraction of sp³-hybridized carbons (Fsp3) is 0.235. The Labute approximate surface area is 150 Å². The SMILES string of the molecule is CN(CCc1ccncc1)C(=O)CC(=O)Nc1cc(Cl)ccc1Cl. The third-order valence-corrected chi connectivity index (χ3v) is 3.99. The quantitative estimate of drug-likeness (QED) is 0.797. The number of benzene rings is 1. The lowest BCUT2D eigenvalue weighted by Crippen LogP contribution is -2.32. The molecule has 0 aliphatic rings. The highest BCUT2D eigenvalue weighted by molar-refractivity contribution is 6.35. The number of hydrogen-bond acceptors (Lipinski definition) is 3. The molecule has 0 spiro atoms. The molecule has 0 atom stereocenters. The Morgan fingerprint density at radius 1 is 1.17 bits per heavy atom. The van der Waals surface area contributed by atoms with Gasteiger partial charge in [-0.1, -0.05) is 23.2 Å². The summed E-state index contributed by atoms with van der Waals surface area (Å²) in [5, 5.41) is 3.42. The molecule has 2 rings (SSSR count). The molecule has 1 aromatic carbocycles. The molecular formula is C17H17Cl2N3O2. The Morgan fingerprint density at radius 2 is 1.88 bits per heavy atom. The van der Waals surface area contributed by atoms with Crippen molar-refractivity contribution in [3.05, 3.63) is 58.3 Å². The van der Waals surface area contributed by atoms with Crippen LogP contribution in [-0.2, 0) is 16.0 Å². The third kappa shape index (κ3) is 5.51. The van der Waals surface area contributed by atoms with Crippen molar-refractivity contribution in [3.63, 3.8) is 0 Å². The molecule has 0 saturated carbocycles. The average molecular weight is 366 g/mol. The number of nitrogens with one attached hydrogen (secondary N) is 1. The van der Waals surface area contributed by atoms with Crippen molar-refractivity contribution >= 4 is 40.7 Å². The first-order chi connectivity index (χ1) is 11.5. The summed E-state index contributed by atoms with van der Waals surface area (Å²) in [6, 6.07) is 8.54. The fourth-order valence-electron chi connectivity index (χ4n) is 2.03. The predicted octanol–water partition coefficient (Wildman–Crippen LogP) is 3.42. The highest BCUT2D eigenvalue weighted by atomic mass is 35.5. The summed E-state index contributed by atoms with van der Waals surface area (Å²) in [5.41, 5.74) is 1.47. The largest absolute Gasteiger partial charge is 0.345 e. The van der Waals surface area contributed by atoms with Gasteiger partial charge in [-0.2, -0.15) is 0 Å². The number of carbonyl (C=O) groups is 2. The Kier molecular flexibility index (Phi) is 6.58. The molecular weight excluding hydrogens is 349 g/mol. The Balaban J connectivity index is 1.84. The van der Waals surface area contributed by atoms with E-state index in [0.29, 0.717) is 28.7 Å². The monoisotopic (exact) mass is 365 g/mol. The summed E-state index contributed by atoms with van der Waals surface area (Å²) < 4.78 is 0. The minimum atomic E-state index is -0.431. The normalized spacial score (nSPS) is 10.3. The van der Waals surface area contributed by atoms with Gasteiger partial charge in [-0.3, -0.25) is 14.6 Å². The topological polar surface area (TPSA) is 62.3 Å². The van der Waals surface area contributed by atoms with Gasteiger partial charge < -0.3 is 10.2 Å². The predicted molar refractivity (Wildman–Crippen MR) is 95.3 cm³/mol. The zero-order valence-corrected chi connectivity index (χ0v) is 14.6. The Hall–Kier alpha value is -2.11. The van der Waals surface area contributed by atoms with Crippen LogP contribution in [0.25, 0.3) is 0 Å². The molecule has 0 unspecified atom stereocenters. The molecule has 126 valence electrons. The zero-order valence-electron chi connectivity index (χ0n) is 13.1. The maximum absolute atomic E-state index is 12.1. The van der Waals surface area contributed by atoms with E-state index in [1.54, 1.807) is 37.6 Å². The molecule has 2 aromatic rings. The lowest BCUT2D eigenvalue weighted by molar-refractivity contribution is -0.133. The van der Waals surface area contributed by atoms with Crippen LogP contribution in [0.15, 0.2) is 42.7 Å². The van der Waals surface area contributed by atoms with E-state index in [4.69, 9.17) is 23.2 Å². The second-order valence-electron chi connectivity index (χ2n) is 5.27. The molecule has 0 saturated heterocycles. The molecule has 1 aromatic heterocycles. The van der Waals surface area contributed by atoms with Gasteiger partial charge in [0.25, 0.3) is 0 Å². The van der Waals surface area contributed by atoms with Crippen molar-refractivity contribution in [3.8, 4) is 0 Å². The number of anilines is 1. The van der Waals surface area contributed by atoms with Crippen molar-refractivity contribution < 1.29 is 9.59 Å². The van der Waals surface area contributed by atoms with Crippen molar-refractivity contribution in [2.75, 3.05) is 18.9 Å². The van der Waals surface area contributed by atoms with Crippen molar-refractivity contribution in [2.24, 2.45) is 0 Å². The van der Waals surface area contributed by atoms with Gasteiger partial charge in [-0.25, -0.2) is 0 Å². The van der Waals surface area contributed by atoms with Gasteiger partial charge in [-0.15, -0.1) is 0 Å². The van der Waals surface area contributed by atoms with Crippen LogP contribution < -0.4 is 5.32 Å². The van der Waals surface area contributed by atoms with E-state index < -0.39 is 5.91 Å². The minimum Gasteiger partial charge on any atom is -0.345 e. The highest BCUT2D eigenvalue weighted by Crippen LogP contribution is 2.25. The lowest BCUT2D eigenvalue weighted by Gasteiger charge is -2.17. The molecule has 1 heterocycles. The fourth-order valence-corrected chi connectivity index (χ4v) is 2.37. The smallest absolute Gasteiger partial charge is 0.233 e. The van der Waals surface area contributed by atoms with E-state index in [9.17, 15) is 9.59 Å². The molecule has 0 aliphatic carbocycles. The number of carbonyl (C=O) groups excluding carboxylic acids is 2. The van der Waals surface area contributed by atoms with E-state index in [1.807, 2.05) is 12.1 Å². The van der Waals surface area contributed by atoms with Gasteiger partial charge >= 0.3 is 0 Å². The highest BCUT2D eigenvalue weighted by Gasteiger charge is 2.15. The molecule has 0 bridgehead atoms. The first-order valence-corrected chi connectivity index (χ1v) is 8.09. The van der Waals surface area contributed by atoms with E-state index in [0.717, 1.165) is 5.56 Å². The van der Waals surface area contributed by atoms with E-state index in [2.05, 4.69) is 10.3 Å². The molecule has 2 amide bonds. The number of pyridine rings is 1. The van der Waals surface area contributed by atoms with E-state index in [1.165, 1.54) is 4.90 Å². The average Bonchev–Trinajstić information content (AvgIpc) is 2.56. The second kappa shape index (κ2) is 8.66. The van der Waals surface area contributed by atoms with Gasteiger partial charge in [0, 0.05) is 31.0 Å². The maximum atomic E-state index is 12.1. The first-order valence-electron chi connectivity index (χ1n) is 7.33. The van der Waals surface area contributed by atoms with Crippen molar-refractivity contribution in [2.45, 2.75) is 12.8 Å². The number of aromatic nitrogens is 1. The van der Waals surface area contributed by atoms with Crippen molar-refractivity contribution in [1.29, 1.82) is 0 Å². The maximum Gasteiger partial charge on any atom is 0.233 e. The Bertz CT molecular complexity index is 723. The van der Waals surface area contributed by atoms with E-state index >= 15 is 0 Å². The zero-order chi connectivity index (χ0) is 17.5. The first kappa shape index (κ1) is 18.2. The number of nitrogens with zero attached hydrogens (tertiary/aromatic N) is 2. The van der Waals surface area contributed by atoms with E-state index in [-0.39, 0.29) is 12.3 Å². The third-order valence-electron chi connectivity index (χ3n) is 3.43. The van der Waals surface area contributed by atoms with Crippen LogP contribution in [0.4, 0.5) is 5.69 Å². The number of amides is 2. The Morgan fingerprint density at radius 3 is 2.58 bits per heavy atom. The number of rotatable bonds is 6. The summed E-state index contributed by atoms with van der Waals surface area (Å²) in [6.07, 6.45) is 3.86. The molecule has 0 fully saturated rings. The van der Waals surface area contributed by atoms with Crippen LogP contribution in [-0.4, -0.2) is 35.3 Å². The molecule has 7 heteroatoms. The molecule has 24 heavy (non-hydrogen) atoms. The second-order valence-corrected chi connectivity index (χ2v) is 6.11. The molecule has 1 N–H and O–H groups in total. The van der Waals surface area contributed by atoms with Gasteiger partial charge in [0.2, 0.25) is 11.8 Å². The van der Waals surface area contributed by atoms with Crippen LogP contribution in [0.1, 0.15) is 12.0 Å². The molecule has 5 nitrogen and oxygen atoms in total. The van der Waals surface area contributed by atoms with Crippen LogP contribution in [0.3, 0.4) is 0 Å². The number of halogens is 2. The van der Waals surface area contributed by atoms with Crippen LogP contribution in [0.2, 0.25) is 10.0 Å². The van der Waals surface area contributed by atoms with Gasteiger partial charge in [0.1, 0.15) is 6.42 Å². The van der Waals surface area contributed by atoms with Gasteiger partial charge in [0.05, 0.1) is 10.7 Å². The molecule has 0 aliphatic heterocycles. The van der Waals surface area contributed by atoms with Crippen LogP contribution >= 0.6 is 23.2 Å². The lowest BCUT2D eigenvalue weighted by atomic mass is 10.2. The van der Waals surface area contributed by atoms with Gasteiger partial charge in [-0.05, 0) is 42.3 Å². The van der Waals surface area contributed by atoms with Crippen molar-refractivity contribution in [1.82, 2.24) is 9.88 Å². The van der Waals surface area contributed by atoms with Crippen LogP contribution in [0.5, 0.6) is 0 Å². The van der Waals surface area contributed by atoms with Gasteiger partial charge in [0.15, 0.2) is 0 Å². The van der Waals surface area contributed by atoms with Crippen LogP contribution in [0, 0.1) is 0 Å². The summed E-state index contributed by atoms with van der Waals surface area (Å²) >= 11 is 11.8. The molecule has 0 radical (unpaired) electrons. The number of hydrogen-bond donors (Lipinski definition) is 1. The summed E-state index contributed by atoms with van der Waals surface area (Å²) in [6.45, 7) is 0.522. The summed E-state index contributed by atoms with van der Waals surface area (Å²) in [7, 11) is 1.67. The summed E-state index contributed by atoms with van der Waals surface area (Å²) in [5.74, 6) is -0.695. The standard InChI is InChI=1S/C17H17Cl2N3O2/c1-22(9-6-12-4-7-20-8-5-12)17(24)11-16(23)21-15-10-13(18)2-3-14(15)19/h2-5,7-8,10H,6,9,11H2,1H3,(H,21,23). The minimum absolute atomic E-state index is 0.254. The summed E-state index contributed by atoms with van der Waals surface area (Å²) in [4.78, 5) is 29.6.